The van der Waals surface area contributed by atoms with Crippen LogP contribution in [0.5, 0.6) is 0 Å². The molecule has 0 saturated carbocycles. The maximum atomic E-state index is 10.8. The molecule has 0 bridgehead atoms. The van der Waals surface area contributed by atoms with Crippen molar-refractivity contribution in [1.29, 1.82) is 0 Å². The summed E-state index contributed by atoms with van der Waals surface area (Å²) < 4.78 is 4.65. The van der Waals surface area contributed by atoms with Gasteiger partial charge in [-0.25, -0.2) is 9.59 Å². The van der Waals surface area contributed by atoms with E-state index in [0.717, 1.165) is 0 Å². The van der Waals surface area contributed by atoms with Gasteiger partial charge in [-0.1, -0.05) is 6.58 Å². The lowest BCUT2D eigenvalue weighted by Gasteiger charge is -2.00. The highest BCUT2D eigenvalue weighted by Crippen LogP contribution is 1.95. The van der Waals surface area contributed by atoms with Crippen LogP contribution in [-0.4, -0.2) is 23.7 Å². The lowest BCUT2D eigenvalue weighted by atomic mass is 10.3. The first-order valence-electron chi connectivity index (χ1n) is 3.68. The van der Waals surface area contributed by atoms with Crippen LogP contribution < -0.4 is 0 Å². The zero-order chi connectivity index (χ0) is 10.4. The van der Waals surface area contributed by atoms with E-state index in [0.29, 0.717) is 5.57 Å². The van der Waals surface area contributed by atoms with Gasteiger partial charge < -0.3 is 9.84 Å². The van der Waals surface area contributed by atoms with Crippen LogP contribution in [0.3, 0.4) is 0 Å². The number of hydrogen-bond acceptors (Lipinski definition) is 3. The minimum absolute atomic E-state index is 0.0379. The Morgan fingerprint density at radius 3 is 2.38 bits per heavy atom. The number of carboxylic acids is 1. The van der Waals surface area contributed by atoms with E-state index >= 15 is 0 Å². The van der Waals surface area contributed by atoms with Crippen molar-refractivity contribution in [1.82, 2.24) is 0 Å². The second-order valence-corrected chi connectivity index (χ2v) is 2.57. The summed E-state index contributed by atoms with van der Waals surface area (Å²) in [6.45, 7) is 6.29. The molecule has 72 valence electrons. The van der Waals surface area contributed by atoms with Crippen molar-refractivity contribution in [2.45, 2.75) is 13.8 Å². The summed E-state index contributed by atoms with van der Waals surface area (Å²) in [5.74, 6) is -1.54. The highest BCUT2D eigenvalue weighted by atomic mass is 16.5. The van der Waals surface area contributed by atoms with Crippen LogP contribution >= 0.6 is 0 Å². The standard InChI is InChI=1S/C9H12O4/c1-6(2)9(12)13-5-4-7(3)8(10)11/h4H,1,5H2,2-3H3,(H,10,11). The summed E-state index contributed by atoms with van der Waals surface area (Å²) in [4.78, 5) is 21.1. The highest BCUT2D eigenvalue weighted by Gasteiger charge is 2.02. The van der Waals surface area contributed by atoms with E-state index in [1.165, 1.54) is 19.9 Å². The fourth-order valence-electron chi connectivity index (χ4n) is 0.453. The molecule has 0 saturated heterocycles. The largest absolute Gasteiger partial charge is 0.478 e. The monoisotopic (exact) mass is 184 g/mol. The summed E-state index contributed by atoms with van der Waals surface area (Å²) >= 11 is 0. The Kier molecular flexibility index (Phi) is 4.51. The first kappa shape index (κ1) is 11.4. The molecule has 0 heterocycles. The third kappa shape index (κ3) is 4.79. The first-order valence-corrected chi connectivity index (χ1v) is 3.68. The third-order valence-electron chi connectivity index (χ3n) is 1.29. The normalized spacial score (nSPS) is 10.8. The molecule has 0 aliphatic rings. The highest BCUT2D eigenvalue weighted by molar-refractivity contribution is 5.87. The van der Waals surface area contributed by atoms with Crippen molar-refractivity contribution in [3.8, 4) is 0 Å². The van der Waals surface area contributed by atoms with Crippen LogP contribution in [0.2, 0.25) is 0 Å². The van der Waals surface area contributed by atoms with Crippen LogP contribution in [0.4, 0.5) is 0 Å². The van der Waals surface area contributed by atoms with Crippen molar-refractivity contribution in [3.63, 3.8) is 0 Å². The maximum Gasteiger partial charge on any atom is 0.333 e. The number of aliphatic carboxylic acids is 1. The van der Waals surface area contributed by atoms with Gasteiger partial charge in [0.15, 0.2) is 0 Å². The number of hydrogen-bond donors (Lipinski definition) is 1. The summed E-state index contributed by atoms with van der Waals surface area (Å²) in [5, 5.41) is 8.43. The number of ether oxygens (including phenoxy) is 1. The zero-order valence-corrected chi connectivity index (χ0v) is 7.66. The molecule has 0 aromatic carbocycles. The van der Waals surface area contributed by atoms with E-state index < -0.39 is 11.9 Å². The Morgan fingerprint density at radius 1 is 1.46 bits per heavy atom. The number of carbonyl (C=O) groups excluding carboxylic acids is 1. The molecule has 0 aliphatic carbocycles. The van der Waals surface area contributed by atoms with Crippen LogP contribution in [0.1, 0.15) is 13.8 Å². The molecule has 0 amide bonds. The van der Waals surface area contributed by atoms with Gasteiger partial charge in [-0.05, 0) is 19.9 Å². The molecule has 4 heteroatoms. The van der Waals surface area contributed by atoms with E-state index in [2.05, 4.69) is 11.3 Å². The quantitative estimate of drug-likeness (QED) is 0.525. The molecular weight excluding hydrogens is 172 g/mol. The molecule has 0 spiro atoms. The molecule has 0 radical (unpaired) electrons. The van der Waals surface area contributed by atoms with Crippen LogP contribution in [0, 0.1) is 0 Å². The predicted octanol–water partition coefficient (Wildman–Crippen LogP) is 1.14. The minimum Gasteiger partial charge on any atom is -0.478 e. The molecule has 0 fully saturated rings. The Balaban J connectivity index is 3.93. The lowest BCUT2D eigenvalue weighted by Crippen LogP contribution is -2.06. The molecule has 0 atom stereocenters. The lowest BCUT2D eigenvalue weighted by molar-refractivity contribution is -0.138. The van der Waals surface area contributed by atoms with Gasteiger partial charge in [0, 0.05) is 11.1 Å². The fourth-order valence-corrected chi connectivity index (χ4v) is 0.453. The average Bonchev–Trinajstić information content (AvgIpc) is 2.03. The Labute approximate surface area is 76.5 Å². The zero-order valence-electron chi connectivity index (χ0n) is 7.66. The number of rotatable bonds is 4. The predicted molar refractivity (Wildman–Crippen MR) is 47.2 cm³/mol. The molecule has 4 nitrogen and oxygen atoms in total. The smallest absolute Gasteiger partial charge is 0.333 e. The van der Waals surface area contributed by atoms with Crippen molar-refractivity contribution in [2.24, 2.45) is 0 Å². The van der Waals surface area contributed by atoms with Gasteiger partial charge in [0.25, 0.3) is 0 Å². The van der Waals surface area contributed by atoms with E-state index in [-0.39, 0.29) is 12.2 Å². The Morgan fingerprint density at radius 2 is 2.00 bits per heavy atom. The van der Waals surface area contributed by atoms with Gasteiger partial charge in [0.1, 0.15) is 6.61 Å². The van der Waals surface area contributed by atoms with Gasteiger partial charge in [0.2, 0.25) is 0 Å². The summed E-state index contributed by atoms with van der Waals surface area (Å²) in [6, 6.07) is 0. The summed E-state index contributed by atoms with van der Waals surface area (Å²) in [6.07, 6.45) is 1.32. The summed E-state index contributed by atoms with van der Waals surface area (Å²) in [7, 11) is 0. The molecular formula is C9H12O4. The van der Waals surface area contributed by atoms with Crippen LogP contribution in [-0.2, 0) is 14.3 Å². The van der Waals surface area contributed by atoms with Crippen LogP contribution in [0.15, 0.2) is 23.8 Å². The third-order valence-corrected chi connectivity index (χ3v) is 1.29. The van der Waals surface area contributed by atoms with E-state index in [1.54, 1.807) is 0 Å². The molecule has 1 N–H and O–H groups in total. The molecule has 13 heavy (non-hydrogen) atoms. The molecule has 0 aromatic rings. The van der Waals surface area contributed by atoms with Crippen molar-refractivity contribution in [3.05, 3.63) is 23.8 Å². The van der Waals surface area contributed by atoms with Gasteiger partial charge in [-0.3, -0.25) is 0 Å². The van der Waals surface area contributed by atoms with Gasteiger partial charge >= 0.3 is 11.9 Å². The second kappa shape index (κ2) is 5.13. The van der Waals surface area contributed by atoms with Crippen molar-refractivity contribution >= 4 is 11.9 Å². The molecule has 0 aromatic heterocycles. The Hall–Kier alpha value is -1.58. The van der Waals surface area contributed by atoms with E-state index in [1.807, 2.05) is 0 Å². The Bertz CT molecular complexity index is 263. The maximum absolute atomic E-state index is 10.8. The fraction of sp³-hybridized carbons (Fsp3) is 0.333. The minimum atomic E-state index is -1.02. The molecule has 0 rings (SSSR count). The van der Waals surface area contributed by atoms with E-state index in [4.69, 9.17) is 5.11 Å². The molecule has 0 aliphatic heterocycles. The summed E-state index contributed by atoms with van der Waals surface area (Å²) in [5.41, 5.74) is 0.441. The number of carbonyl (C=O) groups is 2. The topological polar surface area (TPSA) is 63.6 Å². The second-order valence-electron chi connectivity index (χ2n) is 2.57. The van der Waals surface area contributed by atoms with Crippen molar-refractivity contribution in [2.75, 3.05) is 6.61 Å². The van der Waals surface area contributed by atoms with E-state index in [9.17, 15) is 9.59 Å². The van der Waals surface area contributed by atoms with Gasteiger partial charge in [-0.2, -0.15) is 0 Å². The number of esters is 1. The first-order chi connectivity index (χ1) is 5.95. The van der Waals surface area contributed by atoms with Crippen LogP contribution in [0.25, 0.3) is 0 Å². The van der Waals surface area contributed by atoms with Gasteiger partial charge in [-0.15, -0.1) is 0 Å². The number of carboxylic acid groups (broad SMARTS) is 1. The average molecular weight is 184 g/mol. The SMILES string of the molecule is C=C(C)C(=O)OCC=C(C)C(=O)O. The molecule has 0 unspecified atom stereocenters. The van der Waals surface area contributed by atoms with Gasteiger partial charge in [0.05, 0.1) is 0 Å². The van der Waals surface area contributed by atoms with Crippen molar-refractivity contribution < 1.29 is 19.4 Å².